The van der Waals surface area contributed by atoms with E-state index in [1.54, 1.807) is 0 Å². The Labute approximate surface area is 103 Å². The first-order valence-electron chi connectivity index (χ1n) is 6.85. The number of hydrogen-bond acceptors (Lipinski definition) is 3. The number of nitrogens with one attached hydrogen (secondary N) is 1. The van der Waals surface area contributed by atoms with Gasteiger partial charge >= 0.3 is 0 Å². The molecule has 0 amide bonds. The van der Waals surface area contributed by atoms with E-state index < -0.39 is 0 Å². The van der Waals surface area contributed by atoms with Crippen molar-refractivity contribution in [1.82, 2.24) is 10.3 Å². The second kappa shape index (κ2) is 5.05. The van der Waals surface area contributed by atoms with Gasteiger partial charge in [0.2, 0.25) is 0 Å². The van der Waals surface area contributed by atoms with Gasteiger partial charge in [0, 0.05) is 19.3 Å². The summed E-state index contributed by atoms with van der Waals surface area (Å²) < 4.78 is 0. The molecule has 3 heteroatoms. The number of pyridine rings is 1. The van der Waals surface area contributed by atoms with Crippen LogP contribution in [0.25, 0.3) is 0 Å². The van der Waals surface area contributed by atoms with Crippen LogP contribution in [-0.2, 0) is 0 Å². The monoisotopic (exact) mass is 231 g/mol. The molecule has 17 heavy (non-hydrogen) atoms. The third-order valence-electron chi connectivity index (χ3n) is 4.01. The summed E-state index contributed by atoms with van der Waals surface area (Å²) in [7, 11) is 0. The maximum Gasteiger partial charge on any atom is 0.128 e. The number of hydrogen-bond donors (Lipinski definition) is 1. The van der Waals surface area contributed by atoms with E-state index in [0.29, 0.717) is 0 Å². The van der Waals surface area contributed by atoms with Crippen LogP contribution < -0.4 is 10.2 Å². The Balaban J connectivity index is 1.70. The number of nitrogens with zero attached hydrogens (tertiary/aromatic N) is 2. The predicted molar refractivity (Wildman–Crippen MR) is 70.5 cm³/mol. The van der Waals surface area contributed by atoms with Crippen LogP contribution in [0.3, 0.4) is 0 Å². The molecule has 2 fully saturated rings. The summed E-state index contributed by atoms with van der Waals surface area (Å²) in [4.78, 5) is 7.04. The van der Waals surface area contributed by atoms with Crippen molar-refractivity contribution < 1.29 is 0 Å². The van der Waals surface area contributed by atoms with E-state index in [2.05, 4.69) is 33.5 Å². The molecule has 1 aromatic rings. The van der Waals surface area contributed by atoms with Gasteiger partial charge in [-0.15, -0.1) is 0 Å². The zero-order valence-electron chi connectivity index (χ0n) is 10.4. The SMILES string of the molecule is c1cc(N2CCCC2)ncc1C1CCNCC1. The molecule has 0 spiro atoms. The summed E-state index contributed by atoms with van der Waals surface area (Å²) in [6.45, 7) is 4.66. The van der Waals surface area contributed by atoms with E-state index in [1.807, 2.05) is 0 Å². The van der Waals surface area contributed by atoms with Gasteiger partial charge in [0.05, 0.1) is 0 Å². The van der Waals surface area contributed by atoms with Gasteiger partial charge in [0.25, 0.3) is 0 Å². The lowest BCUT2D eigenvalue weighted by molar-refractivity contribution is 0.459. The Hall–Kier alpha value is -1.09. The highest BCUT2D eigenvalue weighted by Gasteiger charge is 2.17. The molecule has 0 radical (unpaired) electrons. The van der Waals surface area contributed by atoms with E-state index in [-0.39, 0.29) is 0 Å². The van der Waals surface area contributed by atoms with Crippen LogP contribution in [0, 0.1) is 0 Å². The van der Waals surface area contributed by atoms with Crippen LogP contribution >= 0.6 is 0 Å². The van der Waals surface area contributed by atoms with Crippen molar-refractivity contribution in [2.24, 2.45) is 0 Å². The van der Waals surface area contributed by atoms with Crippen molar-refractivity contribution in [3.05, 3.63) is 23.9 Å². The fourth-order valence-corrected chi connectivity index (χ4v) is 2.93. The van der Waals surface area contributed by atoms with Crippen LogP contribution in [0.4, 0.5) is 5.82 Å². The van der Waals surface area contributed by atoms with Crippen molar-refractivity contribution in [2.75, 3.05) is 31.1 Å². The Morgan fingerprint density at radius 2 is 1.88 bits per heavy atom. The quantitative estimate of drug-likeness (QED) is 0.845. The number of anilines is 1. The Bertz CT molecular complexity index is 348. The zero-order chi connectivity index (χ0) is 11.5. The van der Waals surface area contributed by atoms with Gasteiger partial charge < -0.3 is 10.2 Å². The first-order chi connectivity index (χ1) is 8.43. The standard InChI is InChI=1S/C14H21N3/c1-2-10-17(9-1)14-4-3-13(11-16-14)12-5-7-15-8-6-12/h3-4,11-12,15H,1-2,5-10H2. The molecule has 3 nitrogen and oxygen atoms in total. The number of rotatable bonds is 2. The summed E-state index contributed by atoms with van der Waals surface area (Å²) >= 11 is 0. The highest BCUT2D eigenvalue weighted by atomic mass is 15.2. The molecule has 0 bridgehead atoms. The topological polar surface area (TPSA) is 28.2 Å². The zero-order valence-corrected chi connectivity index (χ0v) is 10.4. The van der Waals surface area contributed by atoms with Crippen LogP contribution in [0.5, 0.6) is 0 Å². The largest absolute Gasteiger partial charge is 0.357 e. The molecule has 1 N–H and O–H groups in total. The minimum atomic E-state index is 0.719. The van der Waals surface area contributed by atoms with Gasteiger partial charge in [-0.25, -0.2) is 4.98 Å². The first kappa shape index (κ1) is 11.0. The Morgan fingerprint density at radius 1 is 1.12 bits per heavy atom. The molecule has 0 aromatic carbocycles. The van der Waals surface area contributed by atoms with Crippen molar-refractivity contribution in [1.29, 1.82) is 0 Å². The average molecular weight is 231 g/mol. The highest BCUT2D eigenvalue weighted by molar-refractivity contribution is 5.40. The van der Waals surface area contributed by atoms with Crippen molar-refractivity contribution in [2.45, 2.75) is 31.6 Å². The molecule has 3 rings (SSSR count). The van der Waals surface area contributed by atoms with E-state index >= 15 is 0 Å². The van der Waals surface area contributed by atoms with Gasteiger partial charge in [0.1, 0.15) is 5.82 Å². The number of piperidine rings is 1. The average Bonchev–Trinajstić information content (AvgIpc) is 2.94. The van der Waals surface area contributed by atoms with Gasteiger partial charge in [-0.05, 0) is 56.3 Å². The first-order valence-corrected chi connectivity index (χ1v) is 6.85. The maximum absolute atomic E-state index is 4.64. The smallest absolute Gasteiger partial charge is 0.128 e. The van der Waals surface area contributed by atoms with E-state index in [9.17, 15) is 0 Å². The van der Waals surface area contributed by atoms with E-state index in [4.69, 9.17) is 0 Å². The lowest BCUT2D eigenvalue weighted by Gasteiger charge is -2.23. The summed E-state index contributed by atoms with van der Waals surface area (Å²) in [5.74, 6) is 1.89. The Morgan fingerprint density at radius 3 is 2.53 bits per heavy atom. The molecule has 0 unspecified atom stereocenters. The molecular weight excluding hydrogens is 210 g/mol. The van der Waals surface area contributed by atoms with Crippen molar-refractivity contribution in [3.63, 3.8) is 0 Å². The summed E-state index contributed by atoms with van der Waals surface area (Å²) in [6.07, 6.45) is 7.24. The molecule has 3 heterocycles. The maximum atomic E-state index is 4.64. The van der Waals surface area contributed by atoms with Crippen molar-refractivity contribution in [3.8, 4) is 0 Å². The second-order valence-electron chi connectivity index (χ2n) is 5.17. The van der Waals surface area contributed by atoms with Crippen LogP contribution in [0.1, 0.15) is 37.2 Å². The van der Waals surface area contributed by atoms with Gasteiger partial charge in [-0.3, -0.25) is 0 Å². The fraction of sp³-hybridized carbons (Fsp3) is 0.643. The lowest BCUT2D eigenvalue weighted by Crippen LogP contribution is -2.26. The van der Waals surface area contributed by atoms with Crippen LogP contribution in [-0.4, -0.2) is 31.2 Å². The molecular formula is C14H21N3. The third kappa shape index (κ3) is 2.44. The van der Waals surface area contributed by atoms with Gasteiger partial charge in [-0.2, -0.15) is 0 Å². The summed E-state index contributed by atoms with van der Waals surface area (Å²) in [6, 6.07) is 4.50. The van der Waals surface area contributed by atoms with Gasteiger partial charge in [0.15, 0.2) is 0 Å². The van der Waals surface area contributed by atoms with Gasteiger partial charge in [-0.1, -0.05) is 6.07 Å². The molecule has 0 aliphatic carbocycles. The molecule has 1 aromatic heterocycles. The van der Waals surface area contributed by atoms with Crippen LogP contribution in [0.15, 0.2) is 18.3 Å². The van der Waals surface area contributed by atoms with E-state index in [1.165, 1.54) is 50.2 Å². The molecule has 2 aliphatic rings. The second-order valence-corrected chi connectivity index (χ2v) is 5.17. The minimum Gasteiger partial charge on any atom is -0.357 e. The third-order valence-corrected chi connectivity index (χ3v) is 4.01. The van der Waals surface area contributed by atoms with Crippen molar-refractivity contribution >= 4 is 5.82 Å². The molecule has 2 saturated heterocycles. The highest BCUT2D eigenvalue weighted by Crippen LogP contribution is 2.26. The minimum absolute atomic E-state index is 0.719. The normalized spacial score (nSPS) is 22.0. The van der Waals surface area contributed by atoms with E-state index in [0.717, 1.165) is 19.0 Å². The molecule has 2 aliphatic heterocycles. The summed E-state index contributed by atoms with van der Waals surface area (Å²) in [5, 5.41) is 3.41. The van der Waals surface area contributed by atoms with Crippen LogP contribution in [0.2, 0.25) is 0 Å². The fourth-order valence-electron chi connectivity index (χ4n) is 2.93. The molecule has 0 atom stereocenters. The Kier molecular flexibility index (Phi) is 3.27. The predicted octanol–water partition coefficient (Wildman–Crippen LogP) is 2.15. The summed E-state index contributed by atoms with van der Waals surface area (Å²) in [5.41, 5.74) is 1.43. The number of aromatic nitrogens is 1. The molecule has 92 valence electrons. The lowest BCUT2D eigenvalue weighted by atomic mass is 9.91. The molecule has 0 saturated carbocycles.